The predicted molar refractivity (Wildman–Crippen MR) is 67.8 cm³/mol. The fraction of sp³-hybridized carbons (Fsp3) is 0.231. The van der Waals surface area contributed by atoms with Crippen molar-refractivity contribution in [1.82, 2.24) is 9.97 Å². The average Bonchev–Trinajstić information content (AvgIpc) is 2.37. The third-order valence-corrected chi connectivity index (χ3v) is 2.30. The van der Waals surface area contributed by atoms with E-state index in [1.807, 2.05) is 43.3 Å². The molecule has 0 saturated heterocycles. The molecule has 1 aromatic carbocycles. The lowest BCUT2D eigenvalue weighted by molar-refractivity contribution is 0.311. The number of benzene rings is 1. The normalized spacial score (nSPS) is 10.2. The van der Waals surface area contributed by atoms with Crippen LogP contribution >= 0.6 is 0 Å². The van der Waals surface area contributed by atoms with E-state index in [-0.39, 0.29) is 6.61 Å². The molecule has 88 valence electrons. The Balaban J connectivity index is 2.32. The fourth-order valence-corrected chi connectivity index (χ4v) is 1.56. The van der Waals surface area contributed by atoms with Gasteiger partial charge in [0.05, 0.1) is 6.61 Å². The van der Waals surface area contributed by atoms with Gasteiger partial charge in [0.25, 0.3) is 0 Å². The molecule has 0 aliphatic carbocycles. The summed E-state index contributed by atoms with van der Waals surface area (Å²) in [6.07, 6.45) is 0. The molecule has 0 fully saturated rings. The Bertz CT molecular complexity index is 485. The first-order valence-electron chi connectivity index (χ1n) is 5.55. The van der Waals surface area contributed by atoms with E-state index in [2.05, 4.69) is 15.3 Å². The number of aliphatic hydroxyl groups excluding tert-OH is 1. The maximum Gasteiger partial charge on any atom is 0.161 e. The molecule has 0 spiro atoms. The number of anilines is 1. The zero-order valence-electron chi connectivity index (χ0n) is 9.72. The van der Waals surface area contributed by atoms with Crippen molar-refractivity contribution in [2.24, 2.45) is 0 Å². The van der Waals surface area contributed by atoms with E-state index in [1.54, 1.807) is 0 Å². The van der Waals surface area contributed by atoms with Crippen molar-refractivity contribution in [3.8, 4) is 11.4 Å². The van der Waals surface area contributed by atoms with Gasteiger partial charge in [0.15, 0.2) is 5.82 Å². The highest BCUT2D eigenvalue weighted by molar-refractivity contribution is 5.57. The minimum absolute atomic E-state index is 0.0870. The molecular weight excluding hydrogens is 214 g/mol. The maximum absolute atomic E-state index is 8.78. The molecule has 2 rings (SSSR count). The minimum atomic E-state index is 0.0870. The third kappa shape index (κ3) is 3.01. The fourth-order valence-electron chi connectivity index (χ4n) is 1.56. The van der Waals surface area contributed by atoms with Gasteiger partial charge in [0.2, 0.25) is 0 Å². The van der Waals surface area contributed by atoms with E-state index in [4.69, 9.17) is 5.11 Å². The van der Waals surface area contributed by atoms with Crippen molar-refractivity contribution in [2.45, 2.75) is 6.92 Å². The molecule has 0 aliphatic heterocycles. The van der Waals surface area contributed by atoms with Crippen LogP contribution in [0.5, 0.6) is 0 Å². The van der Waals surface area contributed by atoms with E-state index in [9.17, 15) is 0 Å². The topological polar surface area (TPSA) is 58.0 Å². The van der Waals surface area contributed by atoms with Crippen LogP contribution in [0.15, 0.2) is 36.4 Å². The lowest BCUT2D eigenvalue weighted by Gasteiger charge is -2.07. The Kier molecular flexibility index (Phi) is 3.67. The largest absolute Gasteiger partial charge is 0.395 e. The summed E-state index contributed by atoms with van der Waals surface area (Å²) in [6, 6.07) is 11.7. The van der Waals surface area contributed by atoms with Crippen LogP contribution < -0.4 is 5.32 Å². The van der Waals surface area contributed by atoms with Gasteiger partial charge in [-0.2, -0.15) is 0 Å². The number of hydrogen-bond acceptors (Lipinski definition) is 4. The lowest BCUT2D eigenvalue weighted by atomic mass is 10.2. The lowest BCUT2D eigenvalue weighted by Crippen LogP contribution is -2.08. The first kappa shape index (κ1) is 11.5. The van der Waals surface area contributed by atoms with Crippen molar-refractivity contribution in [3.63, 3.8) is 0 Å². The van der Waals surface area contributed by atoms with Crippen molar-refractivity contribution in [2.75, 3.05) is 18.5 Å². The second-order valence-electron chi connectivity index (χ2n) is 3.73. The van der Waals surface area contributed by atoms with Gasteiger partial charge in [-0.15, -0.1) is 0 Å². The molecular formula is C13H15N3O. The van der Waals surface area contributed by atoms with Gasteiger partial charge in [-0.05, 0) is 6.92 Å². The second-order valence-corrected chi connectivity index (χ2v) is 3.73. The first-order valence-corrected chi connectivity index (χ1v) is 5.55. The maximum atomic E-state index is 8.78. The van der Waals surface area contributed by atoms with E-state index < -0.39 is 0 Å². The molecule has 0 atom stereocenters. The Hall–Kier alpha value is -1.94. The van der Waals surface area contributed by atoms with Crippen LogP contribution in [-0.4, -0.2) is 28.2 Å². The minimum Gasteiger partial charge on any atom is -0.395 e. The van der Waals surface area contributed by atoms with Gasteiger partial charge in [0.1, 0.15) is 5.82 Å². The molecule has 0 bridgehead atoms. The number of aryl methyl sites for hydroxylation is 1. The summed E-state index contributed by atoms with van der Waals surface area (Å²) in [7, 11) is 0. The molecule has 2 aromatic rings. The van der Waals surface area contributed by atoms with Crippen LogP contribution in [0.1, 0.15) is 5.69 Å². The molecule has 17 heavy (non-hydrogen) atoms. The molecule has 0 amide bonds. The standard InChI is InChI=1S/C13H15N3O/c1-10-9-12(14-7-8-17)16-13(15-10)11-5-3-2-4-6-11/h2-6,9,17H,7-8H2,1H3,(H,14,15,16). The van der Waals surface area contributed by atoms with Crippen LogP contribution in [0.25, 0.3) is 11.4 Å². The van der Waals surface area contributed by atoms with Crippen molar-refractivity contribution in [1.29, 1.82) is 0 Å². The van der Waals surface area contributed by atoms with Crippen molar-refractivity contribution >= 4 is 5.82 Å². The monoisotopic (exact) mass is 229 g/mol. The Morgan fingerprint density at radius 1 is 1.18 bits per heavy atom. The van der Waals surface area contributed by atoms with Crippen LogP contribution in [0, 0.1) is 6.92 Å². The number of aliphatic hydroxyl groups is 1. The summed E-state index contributed by atoms with van der Waals surface area (Å²) < 4.78 is 0. The van der Waals surface area contributed by atoms with Crippen molar-refractivity contribution in [3.05, 3.63) is 42.1 Å². The molecule has 0 aliphatic rings. The SMILES string of the molecule is Cc1cc(NCCO)nc(-c2ccccc2)n1. The van der Waals surface area contributed by atoms with E-state index in [1.165, 1.54) is 0 Å². The van der Waals surface area contributed by atoms with Gasteiger partial charge in [-0.3, -0.25) is 0 Å². The van der Waals surface area contributed by atoms with Crippen LogP contribution in [0.4, 0.5) is 5.82 Å². The Morgan fingerprint density at radius 2 is 1.94 bits per heavy atom. The molecule has 4 nitrogen and oxygen atoms in total. The summed E-state index contributed by atoms with van der Waals surface area (Å²) in [5, 5.41) is 11.8. The Labute approximate surface area is 100 Å². The third-order valence-electron chi connectivity index (χ3n) is 2.30. The first-order chi connectivity index (χ1) is 8.29. The van der Waals surface area contributed by atoms with Crippen LogP contribution in [0.2, 0.25) is 0 Å². The highest BCUT2D eigenvalue weighted by Gasteiger charge is 2.03. The quantitative estimate of drug-likeness (QED) is 0.840. The van der Waals surface area contributed by atoms with Gasteiger partial charge >= 0.3 is 0 Å². The molecule has 2 N–H and O–H groups in total. The van der Waals surface area contributed by atoms with E-state index in [0.29, 0.717) is 12.4 Å². The highest BCUT2D eigenvalue weighted by atomic mass is 16.3. The summed E-state index contributed by atoms with van der Waals surface area (Å²) in [4.78, 5) is 8.81. The summed E-state index contributed by atoms with van der Waals surface area (Å²) in [5.41, 5.74) is 1.89. The van der Waals surface area contributed by atoms with Gasteiger partial charge in [-0.25, -0.2) is 9.97 Å². The Morgan fingerprint density at radius 3 is 2.65 bits per heavy atom. The molecule has 0 unspecified atom stereocenters. The van der Waals surface area contributed by atoms with E-state index in [0.717, 1.165) is 17.1 Å². The van der Waals surface area contributed by atoms with Crippen molar-refractivity contribution < 1.29 is 5.11 Å². The molecule has 1 aromatic heterocycles. The van der Waals surface area contributed by atoms with Gasteiger partial charge < -0.3 is 10.4 Å². The van der Waals surface area contributed by atoms with Gasteiger partial charge in [0, 0.05) is 23.9 Å². The predicted octanol–water partition coefficient (Wildman–Crippen LogP) is 1.86. The number of nitrogens with zero attached hydrogens (tertiary/aromatic N) is 2. The van der Waals surface area contributed by atoms with Crippen LogP contribution in [-0.2, 0) is 0 Å². The summed E-state index contributed by atoms with van der Waals surface area (Å²) in [6.45, 7) is 2.51. The summed E-state index contributed by atoms with van der Waals surface area (Å²) >= 11 is 0. The zero-order valence-corrected chi connectivity index (χ0v) is 9.72. The summed E-state index contributed by atoms with van der Waals surface area (Å²) in [5.74, 6) is 1.44. The number of aromatic nitrogens is 2. The zero-order chi connectivity index (χ0) is 12.1. The highest BCUT2D eigenvalue weighted by Crippen LogP contribution is 2.17. The second kappa shape index (κ2) is 5.41. The smallest absolute Gasteiger partial charge is 0.161 e. The molecule has 0 saturated carbocycles. The van der Waals surface area contributed by atoms with Crippen LogP contribution in [0.3, 0.4) is 0 Å². The molecule has 4 heteroatoms. The van der Waals surface area contributed by atoms with Gasteiger partial charge in [-0.1, -0.05) is 30.3 Å². The number of rotatable bonds is 4. The number of nitrogens with one attached hydrogen (secondary N) is 1. The molecule has 1 heterocycles. The molecule has 0 radical (unpaired) electrons. The number of hydrogen-bond donors (Lipinski definition) is 2. The van der Waals surface area contributed by atoms with E-state index >= 15 is 0 Å². The average molecular weight is 229 g/mol.